The summed E-state index contributed by atoms with van der Waals surface area (Å²) < 4.78 is 13.4. The molecule has 0 aromatic carbocycles. The van der Waals surface area contributed by atoms with Gasteiger partial charge in [-0.2, -0.15) is 0 Å². The van der Waals surface area contributed by atoms with Gasteiger partial charge in [-0.15, -0.1) is 0 Å². The van der Waals surface area contributed by atoms with Crippen molar-refractivity contribution < 1.29 is 67.0 Å². The van der Waals surface area contributed by atoms with Crippen LogP contribution >= 0.6 is 0 Å². The third kappa shape index (κ3) is 26.7. The van der Waals surface area contributed by atoms with E-state index in [4.69, 9.17) is 28.7 Å². The number of nitrogens with one attached hydrogen (secondary N) is 2. The Balaban J connectivity index is 5.20. The average Bonchev–Trinajstić information content (AvgIpc) is 3.01. The van der Waals surface area contributed by atoms with Crippen LogP contribution in [0.25, 0.3) is 0 Å². The van der Waals surface area contributed by atoms with Crippen LogP contribution in [0.3, 0.4) is 0 Å². The summed E-state index contributed by atoms with van der Waals surface area (Å²) in [6.45, 7) is 13.3. The normalized spacial score (nSPS) is 11.7. The third-order valence-corrected chi connectivity index (χ3v) is 19.3. The predicted molar refractivity (Wildman–Crippen MR) is 200 cm³/mol. The highest BCUT2D eigenvalue weighted by molar-refractivity contribution is 6.87. The van der Waals surface area contributed by atoms with Crippen molar-refractivity contribution in [1.29, 1.82) is 0 Å². The lowest BCUT2D eigenvalue weighted by molar-refractivity contribution is -0.141. The molecular weight excluding hydrogens is 749 g/mol. The highest BCUT2D eigenvalue weighted by atomic mass is 28.5. The van der Waals surface area contributed by atoms with E-state index in [1.165, 1.54) is 9.80 Å². The molecule has 304 valence electrons. The Hall–Kier alpha value is -3.67. The Morgan fingerprint density at radius 2 is 0.774 bits per heavy atom. The Morgan fingerprint density at radius 3 is 1.08 bits per heavy atom. The van der Waals surface area contributed by atoms with Gasteiger partial charge in [-0.25, -0.2) is 0 Å². The number of rotatable bonds is 30. The minimum Gasteiger partial charge on any atom is -0.481 e. The molecule has 21 heteroatoms. The maximum atomic E-state index is 12.8. The van der Waals surface area contributed by atoms with Gasteiger partial charge in [0.25, 0.3) is 0 Å². The van der Waals surface area contributed by atoms with Gasteiger partial charge in [-0.05, 0) is 64.2 Å². The predicted octanol–water partition coefficient (Wildman–Crippen LogP) is 2.26. The van der Waals surface area contributed by atoms with Gasteiger partial charge in [-0.1, -0.05) is 0 Å². The fraction of sp³-hybridized carbons (Fsp3) is 0.750. The maximum absolute atomic E-state index is 12.8. The van der Waals surface area contributed by atoms with Crippen molar-refractivity contribution in [2.45, 2.75) is 116 Å². The first kappa shape index (κ1) is 49.3. The molecule has 0 spiro atoms. The molecule has 0 fully saturated rings. The number of nitrogens with zero attached hydrogens (tertiary/aromatic N) is 2. The second-order valence-electron chi connectivity index (χ2n) is 14.4. The second kappa shape index (κ2) is 24.6. The van der Waals surface area contributed by atoms with E-state index in [0.717, 1.165) is 0 Å². The van der Waals surface area contributed by atoms with Gasteiger partial charge in [0, 0.05) is 65.0 Å². The summed E-state index contributed by atoms with van der Waals surface area (Å²) >= 11 is 0. The molecule has 0 unspecified atom stereocenters. The summed E-state index contributed by atoms with van der Waals surface area (Å²) in [5.74, 6) is -6.02. The molecule has 18 nitrogen and oxygen atoms in total. The van der Waals surface area contributed by atoms with Crippen molar-refractivity contribution in [3.63, 3.8) is 0 Å². The molecule has 0 aliphatic carbocycles. The fourth-order valence-corrected chi connectivity index (χ4v) is 19.6. The lowest BCUT2D eigenvalue weighted by Gasteiger charge is -2.39. The van der Waals surface area contributed by atoms with Crippen molar-refractivity contribution in [2.75, 3.05) is 39.3 Å². The van der Waals surface area contributed by atoms with Gasteiger partial charge in [0.2, 0.25) is 23.6 Å². The number of hydrogen-bond donors (Lipinski definition) is 6. The number of carbonyl (C=O) groups excluding carboxylic acids is 4. The Bertz CT molecular complexity index is 1170. The van der Waals surface area contributed by atoms with Crippen LogP contribution in [0.5, 0.6) is 0 Å². The van der Waals surface area contributed by atoms with Crippen LogP contribution in [0.4, 0.5) is 0 Å². The average molecular weight is 809 g/mol. The van der Waals surface area contributed by atoms with E-state index in [-0.39, 0.29) is 89.4 Å². The third-order valence-electron chi connectivity index (χ3n) is 7.81. The van der Waals surface area contributed by atoms with Crippen LogP contribution in [-0.4, -0.2) is 142 Å². The monoisotopic (exact) mass is 808 g/mol. The Kier molecular flexibility index (Phi) is 22.9. The first-order chi connectivity index (χ1) is 24.4. The summed E-state index contributed by atoms with van der Waals surface area (Å²) in [6.07, 6.45) is -0.882. The van der Waals surface area contributed by atoms with Gasteiger partial charge in [-0.3, -0.25) is 38.4 Å². The molecule has 0 atom stereocenters. The smallest absolute Gasteiger partial charge is 0.311 e. The number of hydrogen-bond acceptors (Lipinski definition) is 10. The van der Waals surface area contributed by atoms with Crippen LogP contribution in [0.1, 0.15) is 64.2 Å². The molecule has 0 aliphatic rings. The standard InChI is InChI=1S/C32H60N4O14Si3/c1-51(2,23-7-19-35(27(39)11-15-31(45)46)21-17-33-25(37)9-13-29(41)42)49-53(5,6)50-52(3,4)24-8-20-36(28(40)12-16-32(47)48)22-18-34-26(38)10-14-30(43)44/h7-24H2,1-6H3,(H,33,37)(H,34,38)(H,41,42)(H,43,44)(H,45,46)(H,47,48). The van der Waals surface area contributed by atoms with Crippen molar-refractivity contribution in [3.8, 4) is 0 Å². The van der Waals surface area contributed by atoms with Crippen molar-refractivity contribution in [2.24, 2.45) is 0 Å². The molecule has 0 saturated heterocycles. The van der Waals surface area contributed by atoms with Gasteiger partial charge >= 0.3 is 32.4 Å². The van der Waals surface area contributed by atoms with E-state index in [1.807, 2.05) is 13.1 Å². The molecule has 0 aliphatic heterocycles. The zero-order chi connectivity index (χ0) is 40.8. The van der Waals surface area contributed by atoms with Crippen LogP contribution in [0, 0.1) is 0 Å². The molecule has 4 amide bonds. The van der Waals surface area contributed by atoms with E-state index in [0.29, 0.717) is 38.0 Å². The maximum Gasteiger partial charge on any atom is 0.311 e. The molecule has 0 aromatic rings. The summed E-state index contributed by atoms with van der Waals surface area (Å²) in [6, 6.07) is 1.34. The number of amides is 4. The van der Waals surface area contributed by atoms with Crippen LogP contribution in [0.2, 0.25) is 51.4 Å². The number of carboxylic acid groups (broad SMARTS) is 4. The van der Waals surface area contributed by atoms with Crippen LogP contribution in [0.15, 0.2) is 0 Å². The molecule has 53 heavy (non-hydrogen) atoms. The van der Waals surface area contributed by atoms with Crippen molar-refractivity contribution >= 4 is 72.7 Å². The van der Waals surface area contributed by atoms with E-state index in [2.05, 4.69) is 36.8 Å². The SMILES string of the molecule is C[Si](C)(CCCN(CCNC(=O)CCC(=O)O)C(=O)CCC(=O)O)O[Si](C)(C)O[Si](C)(C)CCCN(CCNC(=O)CCC(=O)O)C(=O)CCC(=O)O. The van der Waals surface area contributed by atoms with Gasteiger partial charge < -0.3 is 49.1 Å². The quantitative estimate of drug-likeness (QED) is 0.0569. The number of aliphatic carboxylic acids is 4. The summed E-state index contributed by atoms with van der Waals surface area (Å²) in [4.78, 5) is 95.9. The molecule has 6 N–H and O–H groups in total. The number of carbonyl (C=O) groups is 8. The minimum absolute atomic E-state index is 0.0987. The zero-order valence-electron chi connectivity index (χ0n) is 32.0. The largest absolute Gasteiger partial charge is 0.481 e. The van der Waals surface area contributed by atoms with E-state index in [1.54, 1.807) is 0 Å². The molecule has 0 heterocycles. The molecule has 0 radical (unpaired) electrons. The summed E-state index contributed by atoms with van der Waals surface area (Å²) in [5.41, 5.74) is 0. The van der Waals surface area contributed by atoms with Crippen LogP contribution < -0.4 is 10.6 Å². The van der Waals surface area contributed by atoms with Crippen LogP contribution in [-0.2, 0) is 46.6 Å². The van der Waals surface area contributed by atoms with Crippen molar-refractivity contribution in [3.05, 3.63) is 0 Å². The Morgan fingerprint density at radius 1 is 0.472 bits per heavy atom. The summed E-state index contributed by atoms with van der Waals surface area (Å²) in [5, 5.41) is 40.8. The highest BCUT2D eigenvalue weighted by Gasteiger charge is 2.39. The van der Waals surface area contributed by atoms with E-state index >= 15 is 0 Å². The minimum atomic E-state index is -2.67. The first-order valence-electron chi connectivity index (χ1n) is 17.8. The molecule has 0 saturated carbocycles. The van der Waals surface area contributed by atoms with Gasteiger partial charge in [0.15, 0.2) is 16.6 Å². The van der Waals surface area contributed by atoms with Gasteiger partial charge in [0.05, 0.1) is 25.7 Å². The first-order valence-corrected chi connectivity index (χ1v) is 26.8. The highest BCUT2D eigenvalue weighted by Crippen LogP contribution is 2.26. The Labute approximate surface area is 314 Å². The van der Waals surface area contributed by atoms with E-state index < -0.39 is 60.9 Å². The zero-order valence-corrected chi connectivity index (χ0v) is 35.0. The number of carboxylic acids is 4. The second-order valence-corrected chi connectivity index (χ2v) is 26.8. The van der Waals surface area contributed by atoms with Gasteiger partial charge in [0.1, 0.15) is 0 Å². The summed E-state index contributed by atoms with van der Waals surface area (Å²) in [7, 11) is -7.33. The molecular formula is C32H60N4O14Si3. The molecule has 0 aromatic heterocycles. The molecule has 0 bridgehead atoms. The van der Waals surface area contributed by atoms with E-state index in [9.17, 15) is 38.4 Å². The molecule has 0 rings (SSSR count). The topological polar surface area (TPSA) is 266 Å². The fourth-order valence-electron chi connectivity index (χ4n) is 5.59. The van der Waals surface area contributed by atoms with Crippen molar-refractivity contribution in [1.82, 2.24) is 20.4 Å². The lowest BCUT2D eigenvalue weighted by Crippen LogP contribution is -2.52. The lowest BCUT2D eigenvalue weighted by atomic mass is 10.2.